The van der Waals surface area contributed by atoms with E-state index >= 15 is 0 Å². The first-order valence-electron chi connectivity index (χ1n) is 5.30. The van der Waals surface area contributed by atoms with Gasteiger partial charge < -0.3 is 5.11 Å². The molecule has 0 amide bonds. The van der Waals surface area contributed by atoms with E-state index < -0.39 is 27.5 Å². The zero-order valence-electron chi connectivity index (χ0n) is 9.55. The number of benzene rings is 1. The molecular formula is C12H11FO4S. The molecule has 96 valence electrons. The first-order chi connectivity index (χ1) is 8.33. The van der Waals surface area contributed by atoms with E-state index in [1.807, 2.05) is 0 Å². The quantitative estimate of drug-likeness (QED) is 0.912. The number of hydrogen-bond acceptors (Lipinski definition) is 3. The smallest absolute Gasteiger partial charge is 0.306 e. The predicted molar refractivity (Wildman–Crippen MR) is 63.0 cm³/mol. The SMILES string of the molecule is CC(CC1=CS(=O)(=O)c2c(F)cccc21)C(=O)O. The van der Waals surface area contributed by atoms with Gasteiger partial charge in [0.2, 0.25) is 9.84 Å². The largest absolute Gasteiger partial charge is 0.481 e. The van der Waals surface area contributed by atoms with Gasteiger partial charge in [-0.1, -0.05) is 19.1 Å². The highest BCUT2D eigenvalue weighted by Crippen LogP contribution is 2.38. The van der Waals surface area contributed by atoms with Crippen LogP contribution in [0.2, 0.25) is 0 Å². The Hall–Kier alpha value is -1.69. The number of carboxylic acids is 1. The van der Waals surface area contributed by atoms with Gasteiger partial charge in [-0.2, -0.15) is 0 Å². The number of carboxylic acid groups (broad SMARTS) is 1. The van der Waals surface area contributed by atoms with E-state index in [-0.39, 0.29) is 16.9 Å². The van der Waals surface area contributed by atoms with Crippen molar-refractivity contribution in [2.24, 2.45) is 5.92 Å². The Morgan fingerprint density at radius 1 is 1.44 bits per heavy atom. The molecule has 6 heteroatoms. The molecule has 0 radical (unpaired) electrons. The van der Waals surface area contributed by atoms with Crippen molar-refractivity contribution in [3.05, 3.63) is 35.0 Å². The molecule has 0 bridgehead atoms. The monoisotopic (exact) mass is 270 g/mol. The molecule has 0 saturated carbocycles. The van der Waals surface area contributed by atoms with Gasteiger partial charge in [-0.3, -0.25) is 4.79 Å². The lowest BCUT2D eigenvalue weighted by molar-refractivity contribution is -0.140. The van der Waals surface area contributed by atoms with E-state index in [4.69, 9.17) is 5.11 Å². The molecule has 0 saturated heterocycles. The fourth-order valence-corrected chi connectivity index (χ4v) is 3.50. The summed E-state index contributed by atoms with van der Waals surface area (Å²) in [6.07, 6.45) is 0.0605. The van der Waals surface area contributed by atoms with Crippen LogP contribution >= 0.6 is 0 Å². The lowest BCUT2D eigenvalue weighted by atomic mass is 9.97. The van der Waals surface area contributed by atoms with Crippen molar-refractivity contribution in [3.8, 4) is 0 Å². The zero-order valence-corrected chi connectivity index (χ0v) is 10.4. The van der Waals surface area contributed by atoms with Crippen LogP contribution in [0, 0.1) is 11.7 Å². The zero-order chi connectivity index (χ0) is 13.5. The summed E-state index contributed by atoms with van der Waals surface area (Å²) in [5.41, 5.74) is 0.613. The highest BCUT2D eigenvalue weighted by molar-refractivity contribution is 7.95. The number of fused-ring (bicyclic) bond motifs is 1. The molecule has 1 heterocycles. The molecular weight excluding hydrogens is 259 g/mol. The molecule has 2 rings (SSSR count). The number of hydrogen-bond donors (Lipinski definition) is 1. The van der Waals surface area contributed by atoms with E-state index in [9.17, 15) is 17.6 Å². The molecule has 18 heavy (non-hydrogen) atoms. The Balaban J connectivity index is 2.49. The summed E-state index contributed by atoms with van der Waals surface area (Å²) < 4.78 is 37.1. The molecule has 0 spiro atoms. The molecule has 1 aliphatic rings. The van der Waals surface area contributed by atoms with Crippen LogP contribution in [0.1, 0.15) is 18.9 Å². The van der Waals surface area contributed by atoms with Crippen LogP contribution < -0.4 is 0 Å². The molecule has 1 aliphatic heterocycles. The highest BCUT2D eigenvalue weighted by atomic mass is 32.2. The first kappa shape index (κ1) is 12.8. The molecule has 1 atom stereocenters. The van der Waals surface area contributed by atoms with Crippen LogP contribution in [-0.4, -0.2) is 19.5 Å². The number of sulfone groups is 1. The van der Waals surface area contributed by atoms with Crippen molar-refractivity contribution in [1.82, 2.24) is 0 Å². The van der Waals surface area contributed by atoms with Crippen molar-refractivity contribution in [2.45, 2.75) is 18.2 Å². The van der Waals surface area contributed by atoms with E-state index in [1.54, 1.807) is 0 Å². The maximum absolute atomic E-state index is 13.5. The van der Waals surface area contributed by atoms with Gasteiger partial charge in [0.1, 0.15) is 10.7 Å². The summed E-state index contributed by atoms with van der Waals surface area (Å²) in [4.78, 5) is 10.4. The van der Waals surface area contributed by atoms with Crippen molar-refractivity contribution >= 4 is 21.4 Å². The predicted octanol–water partition coefficient (Wildman–Crippen LogP) is 2.06. The standard InChI is InChI=1S/C12H11FO4S/c1-7(12(14)15)5-8-6-18(16,17)11-9(8)3-2-4-10(11)13/h2-4,6-7H,5H2,1H3,(H,14,15). The van der Waals surface area contributed by atoms with Crippen LogP contribution in [0.3, 0.4) is 0 Å². The van der Waals surface area contributed by atoms with Gasteiger partial charge in [0.25, 0.3) is 0 Å². The van der Waals surface area contributed by atoms with Gasteiger partial charge in [0.05, 0.1) is 5.92 Å². The van der Waals surface area contributed by atoms with Crippen molar-refractivity contribution in [2.75, 3.05) is 0 Å². The number of aliphatic carboxylic acids is 1. The second-order valence-electron chi connectivity index (χ2n) is 4.25. The van der Waals surface area contributed by atoms with Crippen LogP contribution in [0.4, 0.5) is 4.39 Å². The van der Waals surface area contributed by atoms with E-state index in [0.29, 0.717) is 5.57 Å². The first-order valence-corrected chi connectivity index (χ1v) is 6.85. The minimum Gasteiger partial charge on any atom is -0.481 e. The fraction of sp³-hybridized carbons (Fsp3) is 0.250. The Labute approximate surface area is 104 Å². The minimum absolute atomic E-state index is 0.0605. The Morgan fingerprint density at radius 3 is 2.72 bits per heavy atom. The summed E-state index contributed by atoms with van der Waals surface area (Å²) in [6.45, 7) is 1.48. The van der Waals surface area contributed by atoms with Crippen LogP contribution in [0.25, 0.3) is 5.57 Å². The van der Waals surface area contributed by atoms with Crippen LogP contribution in [0.5, 0.6) is 0 Å². The number of carbonyl (C=O) groups is 1. The molecule has 1 N–H and O–H groups in total. The molecule has 0 fully saturated rings. The van der Waals surface area contributed by atoms with E-state index in [0.717, 1.165) is 11.5 Å². The lowest BCUT2D eigenvalue weighted by Gasteiger charge is -2.08. The molecule has 0 aliphatic carbocycles. The molecule has 0 aromatic heterocycles. The van der Waals surface area contributed by atoms with E-state index in [1.165, 1.54) is 19.1 Å². The number of rotatable bonds is 3. The third kappa shape index (κ3) is 2.03. The summed E-state index contributed by atoms with van der Waals surface area (Å²) >= 11 is 0. The van der Waals surface area contributed by atoms with Crippen molar-refractivity contribution < 1.29 is 22.7 Å². The van der Waals surface area contributed by atoms with Gasteiger partial charge in [-0.15, -0.1) is 0 Å². The maximum atomic E-state index is 13.5. The van der Waals surface area contributed by atoms with Gasteiger partial charge >= 0.3 is 5.97 Å². The van der Waals surface area contributed by atoms with Gasteiger partial charge in [-0.25, -0.2) is 12.8 Å². The Bertz CT molecular complexity index is 646. The Kier molecular flexibility index (Phi) is 2.98. The van der Waals surface area contributed by atoms with E-state index in [2.05, 4.69) is 0 Å². The summed E-state index contributed by atoms with van der Waals surface area (Å²) in [5.74, 6) is -2.54. The lowest BCUT2D eigenvalue weighted by Crippen LogP contribution is -2.09. The molecule has 1 aromatic rings. The molecule has 1 aromatic carbocycles. The summed E-state index contributed by atoms with van der Waals surface area (Å²) in [5, 5.41) is 9.78. The maximum Gasteiger partial charge on any atom is 0.306 e. The highest BCUT2D eigenvalue weighted by Gasteiger charge is 2.31. The average Bonchev–Trinajstić information content (AvgIpc) is 2.51. The van der Waals surface area contributed by atoms with Crippen LogP contribution in [-0.2, 0) is 14.6 Å². The fourth-order valence-electron chi connectivity index (χ4n) is 1.94. The topological polar surface area (TPSA) is 71.4 Å². The normalized spacial score (nSPS) is 18.0. The number of halogens is 1. The minimum atomic E-state index is -3.79. The molecule has 1 unspecified atom stereocenters. The van der Waals surface area contributed by atoms with Crippen LogP contribution in [0.15, 0.2) is 28.5 Å². The Morgan fingerprint density at radius 2 is 2.11 bits per heavy atom. The second kappa shape index (κ2) is 4.20. The number of allylic oxidation sites excluding steroid dienone is 1. The second-order valence-corrected chi connectivity index (χ2v) is 5.98. The molecule has 4 nitrogen and oxygen atoms in total. The summed E-state index contributed by atoms with van der Waals surface area (Å²) in [6, 6.07) is 3.98. The average molecular weight is 270 g/mol. The van der Waals surface area contributed by atoms with Crippen molar-refractivity contribution in [3.63, 3.8) is 0 Å². The third-order valence-electron chi connectivity index (χ3n) is 2.84. The third-order valence-corrected chi connectivity index (χ3v) is 4.42. The van der Waals surface area contributed by atoms with Gasteiger partial charge in [-0.05, 0) is 18.1 Å². The van der Waals surface area contributed by atoms with Gasteiger partial charge in [0.15, 0.2) is 0 Å². The van der Waals surface area contributed by atoms with Gasteiger partial charge in [0, 0.05) is 11.0 Å². The van der Waals surface area contributed by atoms with Crippen molar-refractivity contribution in [1.29, 1.82) is 0 Å². The summed E-state index contributed by atoms with van der Waals surface area (Å²) in [7, 11) is -3.79.